The maximum absolute atomic E-state index is 14.9. The van der Waals surface area contributed by atoms with Gasteiger partial charge in [-0.05, 0) is 99.1 Å². The number of aromatic nitrogens is 1. The van der Waals surface area contributed by atoms with Crippen molar-refractivity contribution in [3.05, 3.63) is 214 Å². The number of fused-ring (bicyclic) bond motifs is 12. The topological polar surface area (TPSA) is 33.2 Å². The van der Waals surface area contributed by atoms with Crippen LogP contribution in [-0.4, -0.2) is 10.8 Å². The molecule has 3 aliphatic rings. The number of carbonyl (C=O) groups is 1. The molecule has 250 valence electrons. The minimum Gasteiger partial charge on any atom is -0.310 e. The van der Waals surface area contributed by atoms with Gasteiger partial charge in [-0.1, -0.05) is 129 Å². The summed E-state index contributed by atoms with van der Waals surface area (Å²) in [6.45, 7) is 4.53. The second kappa shape index (κ2) is 10.7. The van der Waals surface area contributed by atoms with E-state index < -0.39 is 10.8 Å². The molecule has 2 heterocycles. The molecule has 0 unspecified atom stereocenters. The number of carbonyl (C=O) groups excluding carboxylic acids is 1. The minimum absolute atomic E-state index is 0.0737. The molecule has 0 bridgehead atoms. The van der Waals surface area contributed by atoms with Gasteiger partial charge >= 0.3 is 0 Å². The summed E-state index contributed by atoms with van der Waals surface area (Å²) in [5, 5.41) is 1.11. The van der Waals surface area contributed by atoms with Gasteiger partial charge in [0, 0.05) is 33.2 Å². The third-order valence-electron chi connectivity index (χ3n) is 12.0. The lowest BCUT2D eigenvalue weighted by atomic mass is 9.63. The van der Waals surface area contributed by atoms with E-state index in [1.165, 1.54) is 27.8 Å². The summed E-state index contributed by atoms with van der Waals surface area (Å²) in [6, 6.07) is 60.4. The van der Waals surface area contributed by atoms with Gasteiger partial charge in [0.2, 0.25) is 0 Å². The molecule has 0 N–H and O–H groups in total. The molecule has 1 aliphatic heterocycles. The van der Waals surface area contributed by atoms with Crippen molar-refractivity contribution in [2.75, 3.05) is 4.90 Å². The Labute approximate surface area is 308 Å². The summed E-state index contributed by atoms with van der Waals surface area (Å²) in [7, 11) is 0. The standard InChI is InChI=1S/C50H34N2O/c1-49(2)41-28-32(45-27-25-31-14-6-11-21-44(31)51-45)24-26-35(41)48(53)37-30-43-36(29-42(37)49)34-17-7-8-18-38(34)50(43)39-19-9-12-22-46(39)52(33-15-4-3-5-16-33)47-23-13-10-20-40(47)50/h3-30H,1-2H3. The average Bonchev–Trinajstić information content (AvgIpc) is 3.49. The van der Waals surface area contributed by atoms with E-state index >= 15 is 0 Å². The van der Waals surface area contributed by atoms with Crippen molar-refractivity contribution in [2.45, 2.75) is 24.7 Å². The van der Waals surface area contributed by atoms with Crippen LogP contribution < -0.4 is 4.90 Å². The van der Waals surface area contributed by atoms with Gasteiger partial charge < -0.3 is 4.90 Å². The lowest BCUT2D eigenvalue weighted by Crippen LogP contribution is -2.37. The van der Waals surface area contributed by atoms with Crippen LogP contribution in [0.4, 0.5) is 17.1 Å². The summed E-state index contributed by atoms with van der Waals surface area (Å²) in [4.78, 5) is 22.3. The van der Waals surface area contributed by atoms with Crippen molar-refractivity contribution in [3.8, 4) is 22.4 Å². The normalized spacial score (nSPS) is 15.3. The molecule has 0 radical (unpaired) electrons. The number of pyridine rings is 1. The van der Waals surface area contributed by atoms with Crippen LogP contribution in [0.1, 0.15) is 63.1 Å². The summed E-state index contributed by atoms with van der Waals surface area (Å²) in [6.07, 6.45) is 0. The highest BCUT2D eigenvalue weighted by Gasteiger charge is 2.53. The second-order valence-electron chi connectivity index (χ2n) is 15.0. The van der Waals surface area contributed by atoms with Gasteiger partial charge in [-0.25, -0.2) is 4.98 Å². The molecule has 0 saturated heterocycles. The van der Waals surface area contributed by atoms with Crippen molar-refractivity contribution < 1.29 is 4.79 Å². The Hall–Kier alpha value is -6.58. The third kappa shape index (κ3) is 3.94. The van der Waals surface area contributed by atoms with Crippen molar-refractivity contribution in [1.82, 2.24) is 4.98 Å². The molecule has 7 aromatic carbocycles. The first-order valence-corrected chi connectivity index (χ1v) is 18.3. The van der Waals surface area contributed by atoms with Gasteiger partial charge in [0.05, 0.1) is 28.0 Å². The first-order valence-electron chi connectivity index (χ1n) is 18.3. The number of benzene rings is 7. The molecule has 0 atom stereocenters. The molecule has 11 rings (SSSR count). The number of nitrogens with zero attached hydrogens (tertiary/aromatic N) is 2. The molecule has 0 saturated carbocycles. The Morgan fingerprint density at radius 3 is 1.87 bits per heavy atom. The van der Waals surface area contributed by atoms with Gasteiger partial charge in [-0.15, -0.1) is 0 Å². The van der Waals surface area contributed by atoms with E-state index in [4.69, 9.17) is 4.98 Å². The second-order valence-corrected chi connectivity index (χ2v) is 15.0. The zero-order valence-electron chi connectivity index (χ0n) is 29.5. The number of hydrogen-bond acceptors (Lipinski definition) is 3. The van der Waals surface area contributed by atoms with E-state index in [9.17, 15) is 4.79 Å². The van der Waals surface area contributed by atoms with Gasteiger partial charge in [-0.3, -0.25) is 4.79 Å². The van der Waals surface area contributed by atoms with Crippen LogP contribution in [0, 0.1) is 0 Å². The molecule has 3 nitrogen and oxygen atoms in total. The Morgan fingerprint density at radius 1 is 0.472 bits per heavy atom. The highest BCUT2D eigenvalue weighted by atomic mass is 16.1. The van der Waals surface area contributed by atoms with Gasteiger partial charge in [0.1, 0.15) is 0 Å². The van der Waals surface area contributed by atoms with Gasteiger partial charge in [0.15, 0.2) is 5.78 Å². The predicted molar refractivity (Wildman–Crippen MR) is 215 cm³/mol. The molecule has 0 fully saturated rings. The average molecular weight is 679 g/mol. The summed E-state index contributed by atoms with van der Waals surface area (Å²) >= 11 is 0. The summed E-state index contributed by atoms with van der Waals surface area (Å²) in [5.41, 5.74) is 16.1. The van der Waals surface area contributed by atoms with Gasteiger partial charge in [0.25, 0.3) is 0 Å². The third-order valence-corrected chi connectivity index (χ3v) is 12.0. The molecular formula is C50H34N2O. The molecular weight excluding hydrogens is 645 g/mol. The fourth-order valence-corrected chi connectivity index (χ4v) is 9.65. The molecule has 2 aliphatic carbocycles. The lowest BCUT2D eigenvalue weighted by molar-refractivity contribution is 0.103. The van der Waals surface area contributed by atoms with Crippen molar-refractivity contribution >= 4 is 33.7 Å². The SMILES string of the molecule is CC1(C)c2cc(-c3ccc4ccccc4n3)ccc2C(=O)c2cc3c(cc21)-c1ccccc1C31c2ccccc2N(c2ccccc2)c2ccccc21. The number of para-hydroxylation sites is 4. The number of anilines is 3. The fourth-order valence-electron chi connectivity index (χ4n) is 9.65. The first-order chi connectivity index (χ1) is 26.0. The molecule has 0 amide bonds. The zero-order chi connectivity index (χ0) is 35.5. The van der Waals surface area contributed by atoms with E-state index in [1.807, 2.05) is 18.2 Å². The van der Waals surface area contributed by atoms with Crippen molar-refractivity contribution in [3.63, 3.8) is 0 Å². The number of ketones is 1. The van der Waals surface area contributed by atoms with Crippen LogP contribution in [0.2, 0.25) is 0 Å². The quantitative estimate of drug-likeness (QED) is 0.182. The van der Waals surface area contributed by atoms with Crippen LogP contribution >= 0.6 is 0 Å². The van der Waals surface area contributed by atoms with Crippen LogP contribution in [0.5, 0.6) is 0 Å². The Bertz CT molecular complexity index is 2800. The zero-order valence-corrected chi connectivity index (χ0v) is 29.5. The summed E-state index contributed by atoms with van der Waals surface area (Å²) in [5.74, 6) is 0.0737. The van der Waals surface area contributed by atoms with Gasteiger partial charge in [-0.2, -0.15) is 0 Å². The molecule has 3 heteroatoms. The monoisotopic (exact) mass is 678 g/mol. The Balaban J connectivity index is 1.15. The van der Waals surface area contributed by atoms with Crippen LogP contribution in [0.3, 0.4) is 0 Å². The predicted octanol–water partition coefficient (Wildman–Crippen LogP) is 11.9. The van der Waals surface area contributed by atoms with E-state index in [1.54, 1.807) is 0 Å². The van der Waals surface area contributed by atoms with Crippen LogP contribution in [0.25, 0.3) is 33.3 Å². The van der Waals surface area contributed by atoms with Crippen LogP contribution in [0.15, 0.2) is 170 Å². The van der Waals surface area contributed by atoms with E-state index in [0.717, 1.165) is 67.0 Å². The van der Waals surface area contributed by atoms with Crippen LogP contribution in [-0.2, 0) is 10.8 Å². The largest absolute Gasteiger partial charge is 0.310 e. The summed E-state index contributed by atoms with van der Waals surface area (Å²) < 4.78 is 0. The number of hydrogen-bond donors (Lipinski definition) is 0. The minimum atomic E-state index is -0.615. The maximum atomic E-state index is 14.9. The molecule has 53 heavy (non-hydrogen) atoms. The first kappa shape index (κ1) is 30.1. The Morgan fingerprint density at radius 2 is 1.09 bits per heavy atom. The lowest BCUT2D eigenvalue weighted by Gasteiger charge is -2.45. The molecule has 1 spiro atoms. The van der Waals surface area contributed by atoms with Crippen molar-refractivity contribution in [1.29, 1.82) is 0 Å². The molecule has 1 aromatic heterocycles. The molecule has 8 aromatic rings. The van der Waals surface area contributed by atoms with E-state index in [-0.39, 0.29) is 5.78 Å². The Kier molecular flexibility index (Phi) is 6.09. The number of rotatable bonds is 2. The smallest absolute Gasteiger partial charge is 0.193 e. The highest BCUT2D eigenvalue weighted by Crippen LogP contribution is 2.64. The van der Waals surface area contributed by atoms with E-state index in [0.29, 0.717) is 0 Å². The fraction of sp³-hybridized carbons (Fsp3) is 0.0800. The van der Waals surface area contributed by atoms with Crippen molar-refractivity contribution in [2.24, 2.45) is 0 Å². The maximum Gasteiger partial charge on any atom is 0.193 e. The highest BCUT2D eigenvalue weighted by molar-refractivity contribution is 6.14. The van der Waals surface area contributed by atoms with E-state index in [2.05, 4.69) is 170 Å².